The van der Waals surface area contributed by atoms with Gasteiger partial charge in [-0.25, -0.2) is 0 Å². The first-order valence-electron chi connectivity index (χ1n) is 28.4. The maximum absolute atomic E-state index is 10.8. The highest BCUT2D eigenvalue weighted by Crippen LogP contribution is 2.48. The molecule has 0 atom stereocenters. The lowest BCUT2D eigenvalue weighted by molar-refractivity contribution is -0.121. The second-order valence-electron chi connectivity index (χ2n) is 26.9. The Labute approximate surface area is 445 Å². The molecule has 5 aromatic carbocycles. The molecule has 0 spiro atoms. The quantitative estimate of drug-likeness (QED) is 0.151. The Kier molecular flexibility index (Phi) is 18.9. The summed E-state index contributed by atoms with van der Waals surface area (Å²) in [5.41, 5.74) is 14.3. The van der Waals surface area contributed by atoms with Crippen LogP contribution in [-0.2, 0) is 22.0 Å². The molecule has 12 rings (SSSR count). The molecule has 1 nitrogen and oxygen atoms in total. The van der Waals surface area contributed by atoms with Crippen molar-refractivity contribution in [2.45, 2.75) is 198 Å². The molecule has 3 saturated carbocycles. The molecular formula is C72H96O. The molecule has 0 heterocycles. The average molecular weight is 978 g/mol. The minimum Gasteiger partial charge on any atom is -0.300 e. The Hall–Kier alpha value is -5.01. The Morgan fingerprint density at radius 2 is 0.671 bits per heavy atom. The lowest BCUT2D eigenvalue weighted by Crippen LogP contribution is -2.26. The summed E-state index contributed by atoms with van der Waals surface area (Å²) in [6, 6.07) is 43.6. The summed E-state index contributed by atoms with van der Waals surface area (Å²) in [6.07, 6.45) is 31.2. The van der Waals surface area contributed by atoms with E-state index < -0.39 is 0 Å². The van der Waals surface area contributed by atoms with Gasteiger partial charge in [0.1, 0.15) is 5.78 Å². The molecule has 0 aromatic heterocycles. The Bertz CT molecular complexity index is 2620. The van der Waals surface area contributed by atoms with Gasteiger partial charge in [-0.05, 0) is 116 Å². The number of benzene rings is 5. The first kappa shape index (κ1) is 57.3. The van der Waals surface area contributed by atoms with Crippen molar-refractivity contribution in [2.75, 3.05) is 0 Å². The molecule has 0 N–H and O–H groups in total. The fourth-order valence-electron chi connectivity index (χ4n) is 11.9. The van der Waals surface area contributed by atoms with E-state index in [1.54, 1.807) is 0 Å². The molecule has 73 heavy (non-hydrogen) atoms. The van der Waals surface area contributed by atoms with E-state index in [0.717, 1.165) is 32.1 Å². The molecule has 0 aliphatic heterocycles. The molecule has 1 heteroatoms. The van der Waals surface area contributed by atoms with Gasteiger partial charge in [-0.3, -0.25) is 4.79 Å². The average Bonchev–Trinajstić information content (AvgIpc) is 4.10. The van der Waals surface area contributed by atoms with Crippen molar-refractivity contribution in [3.63, 3.8) is 0 Å². The number of fused-ring (bicyclic) bond motifs is 6. The molecule has 0 bridgehead atoms. The fraction of sp³-hybridized carbons (Fsp3) is 0.486. The van der Waals surface area contributed by atoms with Crippen LogP contribution >= 0.6 is 0 Å². The first-order chi connectivity index (χ1) is 34.3. The van der Waals surface area contributed by atoms with Crippen molar-refractivity contribution in [3.8, 4) is 11.1 Å². The maximum Gasteiger partial charge on any atom is 0.132 e. The van der Waals surface area contributed by atoms with E-state index in [2.05, 4.69) is 255 Å². The van der Waals surface area contributed by atoms with E-state index in [9.17, 15) is 4.79 Å². The minimum atomic E-state index is 0.144. The highest BCUT2D eigenvalue weighted by atomic mass is 16.1. The Morgan fingerprint density at radius 1 is 0.342 bits per heavy atom. The summed E-state index contributed by atoms with van der Waals surface area (Å²) in [4.78, 5) is 10.8. The summed E-state index contributed by atoms with van der Waals surface area (Å²) in [5, 5.41) is 2.75. The second-order valence-corrected chi connectivity index (χ2v) is 26.9. The molecule has 7 aliphatic rings. The SMILES string of the molecule is CC1(C)C=CC=C1.CC1(C)C=c2ccccc2=C1.CC1(C)CCC(=O)CC1.CC1(C)CCCC1.CC1(C)CCCCC1.CC1(C)c2ccccc2-c2ccccc21.CC1(C)c2ccccc2Cc2ccccc21. The molecule has 7 aliphatic carbocycles. The number of hydrogen-bond acceptors (Lipinski definition) is 1. The van der Waals surface area contributed by atoms with Crippen LogP contribution in [0.5, 0.6) is 0 Å². The van der Waals surface area contributed by atoms with Crippen LogP contribution in [-0.4, -0.2) is 5.78 Å². The van der Waals surface area contributed by atoms with Gasteiger partial charge >= 0.3 is 0 Å². The van der Waals surface area contributed by atoms with E-state index in [0.29, 0.717) is 27.4 Å². The molecule has 0 unspecified atom stereocenters. The predicted octanol–water partition coefficient (Wildman–Crippen LogP) is 19.1. The summed E-state index contributed by atoms with van der Waals surface area (Å²) in [5.74, 6) is 0.453. The van der Waals surface area contributed by atoms with Crippen molar-refractivity contribution in [3.05, 3.63) is 189 Å². The van der Waals surface area contributed by atoms with Crippen molar-refractivity contribution >= 4 is 17.9 Å². The van der Waals surface area contributed by atoms with Gasteiger partial charge in [0, 0.05) is 34.5 Å². The molecule has 0 saturated heterocycles. The predicted molar refractivity (Wildman–Crippen MR) is 319 cm³/mol. The van der Waals surface area contributed by atoms with Gasteiger partial charge in [0.15, 0.2) is 0 Å². The number of carbonyl (C=O) groups excluding carboxylic acids is 1. The molecule has 0 amide bonds. The largest absolute Gasteiger partial charge is 0.300 e. The Morgan fingerprint density at radius 3 is 1.01 bits per heavy atom. The van der Waals surface area contributed by atoms with Gasteiger partial charge in [0.2, 0.25) is 0 Å². The monoisotopic (exact) mass is 977 g/mol. The van der Waals surface area contributed by atoms with Crippen LogP contribution in [0.3, 0.4) is 0 Å². The van der Waals surface area contributed by atoms with Crippen molar-refractivity contribution < 1.29 is 4.79 Å². The zero-order chi connectivity index (χ0) is 53.1. The second kappa shape index (κ2) is 24.1. The number of carbonyl (C=O) groups is 1. The normalized spacial score (nSPS) is 20.9. The van der Waals surface area contributed by atoms with E-state index in [4.69, 9.17) is 0 Å². The van der Waals surface area contributed by atoms with E-state index in [1.165, 1.54) is 113 Å². The smallest absolute Gasteiger partial charge is 0.132 e. The number of allylic oxidation sites excluding steroid dienone is 4. The van der Waals surface area contributed by atoms with E-state index in [-0.39, 0.29) is 16.2 Å². The fourth-order valence-corrected chi connectivity index (χ4v) is 11.9. The minimum absolute atomic E-state index is 0.144. The lowest BCUT2D eigenvalue weighted by Gasteiger charge is -2.35. The molecule has 3 fully saturated rings. The van der Waals surface area contributed by atoms with Gasteiger partial charge < -0.3 is 0 Å². The third-order valence-electron chi connectivity index (χ3n) is 16.8. The summed E-state index contributed by atoms with van der Waals surface area (Å²) in [6.45, 7) is 32.0. The molecule has 5 aromatic rings. The summed E-state index contributed by atoms with van der Waals surface area (Å²) < 4.78 is 0. The van der Waals surface area contributed by atoms with Crippen LogP contribution < -0.4 is 10.4 Å². The highest BCUT2D eigenvalue weighted by molar-refractivity contribution is 5.80. The van der Waals surface area contributed by atoms with Crippen molar-refractivity contribution in [2.24, 2.45) is 27.1 Å². The van der Waals surface area contributed by atoms with Crippen LogP contribution in [0.25, 0.3) is 23.3 Å². The third-order valence-corrected chi connectivity index (χ3v) is 16.8. The first-order valence-corrected chi connectivity index (χ1v) is 28.4. The van der Waals surface area contributed by atoms with Crippen LogP contribution in [0.2, 0.25) is 0 Å². The number of hydrogen-bond donors (Lipinski definition) is 0. The third kappa shape index (κ3) is 16.2. The van der Waals surface area contributed by atoms with Crippen LogP contribution in [0, 0.1) is 27.1 Å². The van der Waals surface area contributed by atoms with Crippen LogP contribution in [0.15, 0.2) is 146 Å². The summed E-state index contributed by atoms with van der Waals surface area (Å²) in [7, 11) is 0. The van der Waals surface area contributed by atoms with E-state index >= 15 is 0 Å². The molecular weight excluding hydrogens is 881 g/mol. The zero-order valence-corrected chi connectivity index (χ0v) is 48.3. The number of ketones is 1. The standard InChI is InChI=1S/C16H16.C15H14.C11H12.C8H14O.C8H16.C7H14.C7H10/c1-16(2)14-9-5-3-7-12(14)11-13-8-4-6-10-15(13)16;1-15(2)13-9-5-3-7-11(13)12-8-4-6-10-14(12)15;1-11(2)7-9-5-3-4-6-10(9)8-11;1-8(2)5-3-7(9)4-6-8;1-8(2)6-4-3-5-7-8;2*1-7(2)5-3-4-6-7/h3-10H,11H2,1-2H3;3-10H,1-2H3;3-8H,1-2H3;3-6H2,1-2H3;3-7H2,1-2H3;3-6H2,1-2H3;3-6H,1-2H3. The van der Waals surface area contributed by atoms with Gasteiger partial charge in [0.25, 0.3) is 0 Å². The van der Waals surface area contributed by atoms with Crippen molar-refractivity contribution in [1.29, 1.82) is 0 Å². The van der Waals surface area contributed by atoms with E-state index in [1.807, 2.05) is 0 Å². The lowest BCUT2D eigenvalue weighted by atomic mass is 9.69. The zero-order valence-electron chi connectivity index (χ0n) is 48.3. The van der Waals surface area contributed by atoms with Gasteiger partial charge in [-0.2, -0.15) is 0 Å². The topological polar surface area (TPSA) is 17.1 Å². The molecule has 0 radical (unpaired) electrons. The highest BCUT2D eigenvalue weighted by Gasteiger charge is 2.35. The van der Waals surface area contributed by atoms with Gasteiger partial charge in [-0.1, -0.05) is 287 Å². The van der Waals surface area contributed by atoms with Crippen LogP contribution in [0.4, 0.5) is 0 Å². The number of Topliss-reactive ketones (excluding diaryl/α,β-unsaturated/α-hetero) is 1. The van der Waals surface area contributed by atoms with Gasteiger partial charge in [-0.15, -0.1) is 0 Å². The van der Waals surface area contributed by atoms with Crippen LogP contribution in [0.1, 0.15) is 214 Å². The van der Waals surface area contributed by atoms with Gasteiger partial charge in [0.05, 0.1) is 0 Å². The number of rotatable bonds is 0. The maximum atomic E-state index is 10.8. The molecule has 390 valence electrons. The Balaban J connectivity index is 0.000000142. The van der Waals surface area contributed by atoms with Crippen molar-refractivity contribution in [1.82, 2.24) is 0 Å². The summed E-state index contributed by atoms with van der Waals surface area (Å²) >= 11 is 0.